The van der Waals surface area contributed by atoms with Gasteiger partial charge in [-0.15, -0.1) is 0 Å². The van der Waals surface area contributed by atoms with Gasteiger partial charge < -0.3 is 5.32 Å². The van der Waals surface area contributed by atoms with Gasteiger partial charge in [0.25, 0.3) is 0 Å². The average molecular weight is 209 g/mol. The summed E-state index contributed by atoms with van der Waals surface area (Å²) in [6.07, 6.45) is 1.20. The van der Waals surface area contributed by atoms with E-state index in [1.165, 1.54) is 6.42 Å². The van der Waals surface area contributed by atoms with Crippen LogP contribution in [0.1, 0.15) is 54.9 Å². The van der Waals surface area contributed by atoms with Crippen LogP contribution < -0.4 is 5.32 Å². The molecule has 1 atom stereocenters. The number of hydrogen-bond acceptors (Lipinski definition) is 1. The van der Waals surface area contributed by atoms with E-state index in [-0.39, 0.29) is 0 Å². The minimum absolute atomic E-state index is 0.298. The van der Waals surface area contributed by atoms with Gasteiger partial charge in [0.05, 0.1) is 0 Å². The van der Waals surface area contributed by atoms with Crippen molar-refractivity contribution in [2.24, 2.45) is 10.8 Å². The minimum atomic E-state index is 0.298. The normalized spacial score (nSPS) is 23.8. The zero-order valence-electron chi connectivity index (χ0n) is 11.5. The topological polar surface area (TPSA) is 12.0 Å². The molecule has 0 aliphatic carbocycles. The standard InChI is InChI=1S/C14H27N/c1-8-11-12(14(5,6)7)10(9-15-11)13(2,3)4/h11,15H,8-9H2,1-7H3. The summed E-state index contributed by atoms with van der Waals surface area (Å²) in [5.41, 5.74) is 3.88. The molecule has 0 fully saturated rings. The molecule has 0 saturated heterocycles. The van der Waals surface area contributed by atoms with E-state index in [1.807, 2.05) is 0 Å². The molecule has 1 N–H and O–H groups in total. The Morgan fingerprint density at radius 2 is 1.60 bits per heavy atom. The van der Waals surface area contributed by atoms with E-state index >= 15 is 0 Å². The van der Waals surface area contributed by atoms with Gasteiger partial charge >= 0.3 is 0 Å². The fourth-order valence-corrected chi connectivity index (χ4v) is 2.63. The van der Waals surface area contributed by atoms with Gasteiger partial charge in [-0.2, -0.15) is 0 Å². The first kappa shape index (κ1) is 12.8. The van der Waals surface area contributed by atoms with E-state index in [0.29, 0.717) is 16.9 Å². The summed E-state index contributed by atoms with van der Waals surface area (Å²) < 4.78 is 0. The largest absolute Gasteiger partial charge is 0.306 e. The van der Waals surface area contributed by atoms with Gasteiger partial charge in [-0.1, -0.05) is 48.5 Å². The van der Waals surface area contributed by atoms with E-state index < -0.39 is 0 Å². The molecule has 15 heavy (non-hydrogen) atoms. The maximum Gasteiger partial charge on any atom is 0.0288 e. The van der Waals surface area contributed by atoms with Crippen LogP contribution in [-0.2, 0) is 0 Å². The summed E-state index contributed by atoms with van der Waals surface area (Å²) >= 11 is 0. The van der Waals surface area contributed by atoms with Crippen LogP contribution in [0.15, 0.2) is 11.1 Å². The molecule has 1 heterocycles. The van der Waals surface area contributed by atoms with Gasteiger partial charge in [0.2, 0.25) is 0 Å². The van der Waals surface area contributed by atoms with E-state index in [2.05, 4.69) is 53.8 Å². The zero-order chi connectivity index (χ0) is 11.9. The molecule has 0 aromatic rings. The first-order valence-electron chi connectivity index (χ1n) is 6.15. The summed E-state index contributed by atoms with van der Waals surface area (Å²) in [6.45, 7) is 17.3. The third-order valence-corrected chi connectivity index (χ3v) is 3.32. The molecule has 1 heteroatoms. The highest BCUT2D eigenvalue weighted by molar-refractivity contribution is 5.34. The Morgan fingerprint density at radius 3 is 1.93 bits per heavy atom. The summed E-state index contributed by atoms with van der Waals surface area (Å²) in [7, 11) is 0. The first-order chi connectivity index (χ1) is 6.68. The second kappa shape index (κ2) is 3.93. The van der Waals surface area contributed by atoms with Gasteiger partial charge in [-0.25, -0.2) is 0 Å². The molecule has 1 aliphatic heterocycles. The minimum Gasteiger partial charge on any atom is -0.306 e. The first-order valence-corrected chi connectivity index (χ1v) is 6.15. The molecule has 0 amide bonds. The van der Waals surface area contributed by atoms with Crippen LogP contribution in [0.4, 0.5) is 0 Å². The Morgan fingerprint density at radius 1 is 1.07 bits per heavy atom. The van der Waals surface area contributed by atoms with E-state index in [4.69, 9.17) is 0 Å². The van der Waals surface area contributed by atoms with Crippen molar-refractivity contribution >= 4 is 0 Å². The maximum absolute atomic E-state index is 3.65. The smallest absolute Gasteiger partial charge is 0.0288 e. The Balaban J connectivity index is 3.17. The van der Waals surface area contributed by atoms with Crippen LogP contribution in [0, 0.1) is 10.8 Å². The van der Waals surface area contributed by atoms with E-state index in [1.54, 1.807) is 11.1 Å². The van der Waals surface area contributed by atoms with Gasteiger partial charge in [0.15, 0.2) is 0 Å². The molecule has 0 aromatic heterocycles. The monoisotopic (exact) mass is 209 g/mol. The Hall–Kier alpha value is -0.300. The van der Waals surface area contributed by atoms with Crippen molar-refractivity contribution in [2.75, 3.05) is 6.54 Å². The molecular weight excluding hydrogens is 182 g/mol. The summed E-state index contributed by atoms with van der Waals surface area (Å²) in [6, 6.07) is 0.597. The molecule has 0 bridgehead atoms. The third kappa shape index (κ3) is 2.63. The van der Waals surface area contributed by atoms with Crippen molar-refractivity contribution in [3.05, 3.63) is 11.1 Å². The quantitative estimate of drug-likeness (QED) is 0.648. The van der Waals surface area contributed by atoms with Crippen LogP contribution in [0.2, 0.25) is 0 Å². The van der Waals surface area contributed by atoms with E-state index in [9.17, 15) is 0 Å². The van der Waals surface area contributed by atoms with Crippen LogP contribution in [0.3, 0.4) is 0 Å². The molecule has 88 valence electrons. The molecule has 0 aromatic carbocycles. The van der Waals surface area contributed by atoms with Crippen molar-refractivity contribution in [3.8, 4) is 0 Å². The summed E-state index contributed by atoms with van der Waals surface area (Å²) in [4.78, 5) is 0. The molecule has 1 nitrogen and oxygen atoms in total. The molecule has 1 rings (SSSR count). The van der Waals surface area contributed by atoms with Crippen LogP contribution in [-0.4, -0.2) is 12.6 Å². The molecule has 1 aliphatic rings. The molecule has 0 saturated carbocycles. The Labute approximate surface area is 95.3 Å². The molecular formula is C14H27N. The number of hydrogen-bond donors (Lipinski definition) is 1. The lowest BCUT2D eigenvalue weighted by molar-refractivity contribution is 0.430. The Kier molecular flexibility index (Phi) is 3.35. The molecule has 0 radical (unpaired) electrons. The van der Waals surface area contributed by atoms with Gasteiger partial charge in [0, 0.05) is 12.6 Å². The van der Waals surface area contributed by atoms with Crippen molar-refractivity contribution in [2.45, 2.75) is 60.9 Å². The lowest BCUT2D eigenvalue weighted by Gasteiger charge is -2.31. The van der Waals surface area contributed by atoms with Crippen LogP contribution in [0.25, 0.3) is 0 Å². The summed E-state index contributed by atoms with van der Waals surface area (Å²) in [5.74, 6) is 0. The predicted octanol–water partition coefficient (Wildman–Crippen LogP) is 3.76. The molecule has 1 unspecified atom stereocenters. The second-order valence-corrected chi connectivity index (χ2v) is 6.73. The highest BCUT2D eigenvalue weighted by Gasteiger charge is 2.35. The van der Waals surface area contributed by atoms with Gasteiger partial charge in [0.1, 0.15) is 0 Å². The van der Waals surface area contributed by atoms with Crippen molar-refractivity contribution < 1.29 is 0 Å². The predicted molar refractivity (Wildman–Crippen MR) is 68.0 cm³/mol. The van der Waals surface area contributed by atoms with Crippen LogP contribution in [0.5, 0.6) is 0 Å². The fourth-order valence-electron chi connectivity index (χ4n) is 2.63. The second-order valence-electron chi connectivity index (χ2n) is 6.73. The zero-order valence-corrected chi connectivity index (χ0v) is 11.5. The summed E-state index contributed by atoms with van der Waals surface area (Å²) in [5, 5.41) is 3.65. The molecule has 0 spiro atoms. The number of nitrogens with one attached hydrogen (secondary N) is 1. The van der Waals surface area contributed by atoms with Crippen LogP contribution >= 0.6 is 0 Å². The lowest BCUT2D eigenvalue weighted by atomic mass is 9.74. The van der Waals surface area contributed by atoms with Gasteiger partial charge in [-0.3, -0.25) is 0 Å². The highest BCUT2D eigenvalue weighted by atomic mass is 14.9. The maximum atomic E-state index is 3.65. The Bertz CT molecular complexity index is 260. The average Bonchev–Trinajstić information content (AvgIpc) is 2.44. The van der Waals surface area contributed by atoms with E-state index in [0.717, 1.165) is 6.54 Å². The number of rotatable bonds is 1. The van der Waals surface area contributed by atoms with Crippen molar-refractivity contribution in [1.29, 1.82) is 0 Å². The lowest BCUT2D eigenvalue weighted by Crippen LogP contribution is -2.29. The highest BCUT2D eigenvalue weighted by Crippen LogP contribution is 2.41. The van der Waals surface area contributed by atoms with Crippen molar-refractivity contribution in [1.82, 2.24) is 5.32 Å². The van der Waals surface area contributed by atoms with Gasteiger partial charge in [-0.05, 0) is 28.4 Å². The SMILES string of the molecule is CCC1NCC(C(C)(C)C)=C1C(C)(C)C. The van der Waals surface area contributed by atoms with Crippen molar-refractivity contribution in [3.63, 3.8) is 0 Å². The third-order valence-electron chi connectivity index (χ3n) is 3.32. The fraction of sp³-hybridized carbons (Fsp3) is 0.857.